The summed E-state index contributed by atoms with van der Waals surface area (Å²) in [5.74, 6) is 0.638. The molecule has 0 saturated heterocycles. The van der Waals surface area contributed by atoms with E-state index in [4.69, 9.17) is 4.74 Å². The average Bonchev–Trinajstić information content (AvgIpc) is 2.64. The van der Waals surface area contributed by atoms with Gasteiger partial charge in [0.1, 0.15) is 0 Å². The Hall–Kier alpha value is 0.1000. The molecule has 0 radical (unpaired) electrons. The molecule has 0 spiro atoms. The lowest BCUT2D eigenvalue weighted by Gasteiger charge is -2.21. The van der Waals surface area contributed by atoms with Gasteiger partial charge in [-0.1, -0.05) is 13.8 Å². The number of nitrogens with one attached hydrogen (secondary N) is 1. The maximum Gasteiger partial charge on any atom is 0.0477 e. The number of halogens is 1. The largest absolute Gasteiger partial charge is 0.385 e. The molecule has 0 saturated carbocycles. The molecule has 1 rings (SSSR count). The SMILES string of the molecule is COCCC(NCc1cc(Br)cs1)C(C)C. The van der Waals surface area contributed by atoms with E-state index in [1.807, 2.05) is 0 Å². The molecule has 1 N–H and O–H groups in total. The van der Waals surface area contributed by atoms with E-state index in [2.05, 4.69) is 46.5 Å². The first-order valence-corrected chi connectivity index (χ1v) is 7.26. The summed E-state index contributed by atoms with van der Waals surface area (Å²) in [7, 11) is 1.76. The third kappa shape index (κ3) is 4.95. The molecule has 2 nitrogen and oxygen atoms in total. The number of ether oxygens (including phenoxy) is 1. The van der Waals surface area contributed by atoms with Gasteiger partial charge in [-0.3, -0.25) is 0 Å². The predicted octanol–water partition coefficient (Wildman–Crippen LogP) is 3.66. The molecule has 0 aliphatic carbocycles. The summed E-state index contributed by atoms with van der Waals surface area (Å²) >= 11 is 5.26. The molecule has 0 amide bonds. The molecule has 0 fully saturated rings. The van der Waals surface area contributed by atoms with Crippen molar-refractivity contribution in [3.05, 3.63) is 20.8 Å². The minimum Gasteiger partial charge on any atom is -0.385 e. The van der Waals surface area contributed by atoms with E-state index in [-0.39, 0.29) is 0 Å². The van der Waals surface area contributed by atoms with Gasteiger partial charge in [0.25, 0.3) is 0 Å². The topological polar surface area (TPSA) is 21.3 Å². The zero-order chi connectivity index (χ0) is 12.0. The molecular formula is C12H20BrNOS. The smallest absolute Gasteiger partial charge is 0.0477 e. The second-order valence-electron chi connectivity index (χ2n) is 4.24. The Labute approximate surface area is 111 Å². The van der Waals surface area contributed by atoms with Crippen LogP contribution in [0.2, 0.25) is 0 Å². The molecule has 92 valence electrons. The van der Waals surface area contributed by atoms with Crippen molar-refractivity contribution in [3.8, 4) is 0 Å². The van der Waals surface area contributed by atoms with Gasteiger partial charge in [0.2, 0.25) is 0 Å². The second kappa shape index (κ2) is 7.43. The van der Waals surface area contributed by atoms with Gasteiger partial charge >= 0.3 is 0 Å². The fourth-order valence-electron chi connectivity index (χ4n) is 1.59. The second-order valence-corrected chi connectivity index (χ2v) is 6.16. The molecule has 1 aromatic heterocycles. The van der Waals surface area contributed by atoms with Crippen molar-refractivity contribution < 1.29 is 4.74 Å². The Balaban J connectivity index is 2.37. The molecule has 0 aromatic carbocycles. The van der Waals surface area contributed by atoms with Gasteiger partial charge in [-0.15, -0.1) is 11.3 Å². The van der Waals surface area contributed by atoms with E-state index in [0.717, 1.165) is 19.6 Å². The van der Waals surface area contributed by atoms with Crippen molar-refractivity contribution in [2.75, 3.05) is 13.7 Å². The third-order valence-electron chi connectivity index (χ3n) is 2.60. The number of rotatable bonds is 7. The van der Waals surface area contributed by atoms with Crippen LogP contribution in [-0.2, 0) is 11.3 Å². The Morgan fingerprint density at radius 1 is 1.50 bits per heavy atom. The van der Waals surface area contributed by atoms with Crippen LogP contribution in [0.4, 0.5) is 0 Å². The quantitative estimate of drug-likeness (QED) is 0.830. The molecule has 0 aliphatic rings. The zero-order valence-electron chi connectivity index (χ0n) is 10.1. The highest BCUT2D eigenvalue weighted by atomic mass is 79.9. The standard InChI is InChI=1S/C12H20BrNOS/c1-9(2)12(4-5-15-3)14-7-11-6-10(13)8-16-11/h6,8-9,12,14H,4-5,7H2,1-3H3. The minimum absolute atomic E-state index is 0.529. The molecule has 16 heavy (non-hydrogen) atoms. The molecule has 0 aliphatic heterocycles. The predicted molar refractivity (Wildman–Crippen MR) is 74.0 cm³/mol. The molecule has 1 atom stereocenters. The first-order chi connectivity index (χ1) is 7.63. The summed E-state index contributed by atoms with van der Waals surface area (Å²) < 4.78 is 6.31. The Kier molecular flexibility index (Phi) is 6.58. The van der Waals surface area contributed by atoms with Crippen molar-refractivity contribution in [2.45, 2.75) is 32.9 Å². The maximum atomic E-state index is 5.13. The van der Waals surface area contributed by atoms with Gasteiger partial charge in [-0.25, -0.2) is 0 Å². The molecule has 1 heterocycles. The number of hydrogen-bond acceptors (Lipinski definition) is 3. The Morgan fingerprint density at radius 2 is 2.25 bits per heavy atom. The van der Waals surface area contributed by atoms with Crippen molar-refractivity contribution in [1.82, 2.24) is 5.32 Å². The summed E-state index contributed by atoms with van der Waals surface area (Å²) in [6.07, 6.45) is 1.07. The summed E-state index contributed by atoms with van der Waals surface area (Å²) in [6, 6.07) is 2.70. The first-order valence-electron chi connectivity index (χ1n) is 5.58. The van der Waals surface area contributed by atoms with Gasteiger partial charge in [0.15, 0.2) is 0 Å². The third-order valence-corrected chi connectivity index (χ3v) is 4.30. The monoisotopic (exact) mass is 305 g/mol. The van der Waals surface area contributed by atoms with Crippen molar-refractivity contribution in [2.24, 2.45) is 5.92 Å². The van der Waals surface area contributed by atoms with Gasteiger partial charge in [-0.2, -0.15) is 0 Å². The highest BCUT2D eigenvalue weighted by Gasteiger charge is 2.12. The van der Waals surface area contributed by atoms with Crippen molar-refractivity contribution in [3.63, 3.8) is 0 Å². The lowest BCUT2D eigenvalue weighted by Crippen LogP contribution is -2.34. The number of hydrogen-bond donors (Lipinski definition) is 1. The maximum absolute atomic E-state index is 5.13. The first kappa shape index (κ1) is 14.2. The van der Waals surface area contributed by atoms with Gasteiger partial charge in [0.05, 0.1) is 0 Å². The normalized spacial score (nSPS) is 13.3. The van der Waals surface area contributed by atoms with Crippen LogP contribution < -0.4 is 5.32 Å². The van der Waals surface area contributed by atoms with Crippen LogP contribution in [0.3, 0.4) is 0 Å². The van der Waals surface area contributed by atoms with Gasteiger partial charge in [0, 0.05) is 41.0 Å². The van der Waals surface area contributed by atoms with E-state index < -0.39 is 0 Å². The molecule has 4 heteroatoms. The Bertz CT molecular complexity index is 301. The van der Waals surface area contributed by atoms with E-state index in [0.29, 0.717) is 12.0 Å². The number of methoxy groups -OCH3 is 1. The van der Waals surface area contributed by atoms with Crippen LogP contribution >= 0.6 is 27.3 Å². The van der Waals surface area contributed by atoms with Crippen LogP contribution in [0.1, 0.15) is 25.1 Å². The van der Waals surface area contributed by atoms with E-state index in [1.165, 1.54) is 9.35 Å². The summed E-state index contributed by atoms with van der Waals surface area (Å²) in [4.78, 5) is 1.37. The fraction of sp³-hybridized carbons (Fsp3) is 0.667. The van der Waals surface area contributed by atoms with Crippen LogP contribution in [-0.4, -0.2) is 19.8 Å². The zero-order valence-corrected chi connectivity index (χ0v) is 12.5. The van der Waals surface area contributed by atoms with Crippen molar-refractivity contribution >= 4 is 27.3 Å². The Morgan fingerprint density at radius 3 is 2.75 bits per heavy atom. The lowest BCUT2D eigenvalue weighted by atomic mass is 10.0. The summed E-state index contributed by atoms with van der Waals surface area (Å²) in [5, 5.41) is 5.71. The fourth-order valence-corrected chi connectivity index (χ4v) is 3.00. The van der Waals surface area contributed by atoms with Crippen LogP contribution in [0.25, 0.3) is 0 Å². The minimum atomic E-state index is 0.529. The highest BCUT2D eigenvalue weighted by Crippen LogP contribution is 2.20. The summed E-state index contributed by atoms with van der Waals surface area (Å²) in [6.45, 7) is 6.27. The lowest BCUT2D eigenvalue weighted by molar-refractivity contribution is 0.173. The van der Waals surface area contributed by atoms with E-state index >= 15 is 0 Å². The van der Waals surface area contributed by atoms with Gasteiger partial charge < -0.3 is 10.1 Å². The molecule has 1 unspecified atom stereocenters. The van der Waals surface area contributed by atoms with E-state index in [9.17, 15) is 0 Å². The van der Waals surface area contributed by atoms with Gasteiger partial charge in [-0.05, 0) is 34.3 Å². The van der Waals surface area contributed by atoms with Crippen LogP contribution in [0.5, 0.6) is 0 Å². The number of thiophene rings is 1. The van der Waals surface area contributed by atoms with Crippen molar-refractivity contribution in [1.29, 1.82) is 0 Å². The molecular weight excluding hydrogens is 286 g/mol. The molecule has 1 aromatic rings. The average molecular weight is 306 g/mol. The van der Waals surface area contributed by atoms with Crippen LogP contribution in [0.15, 0.2) is 15.9 Å². The highest BCUT2D eigenvalue weighted by molar-refractivity contribution is 9.10. The van der Waals surface area contributed by atoms with E-state index in [1.54, 1.807) is 18.4 Å². The molecule has 0 bridgehead atoms. The van der Waals surface area contributed by atoms with Crippen LogP contribution in [0, 0.1) is 5.92 Å². The summed E-state index contributed by atoms with van der Waals surface area (Å²) in [5.41, 5.74) is 0.